The van der Waals surface area contributed by atoms with Gasteiger partial charge in [0.05, 0.1) is 29.1 Å². The van der Waals surface area contributed by atoms with Gasteiger partial charge in [0.15, 0.2) is 5.65 Å². The molecule has 2 aromatic heterocycles. The van der Waals surface area contributed by atoms with Crippen molar-refractivity contribution in [1.82, 2.24) is 20.3 Å². The first-order chi connectivity index (χ1) is 9.86. The molecule has 0 aliphatic heterocycles. The van der Waals surface area contributed by atoms with Crippen molar-refractivity contribution in [1.29, 1.82) is 0 Å². The van der Waals surface area contributed by atoms with Crippen LogP contribution in [0.5, 0.6) is 0 Å². The highest BCUT2D eigenvalue weighted by Crippen LogP contribution is 2.39. The second-order valence-electron chi connectivity index (χ2n) is 6.32. The Morgan fingerprint density at radius 2 is 2.24 bits per heavy atom. The molecule has 3 rings (SSSR count). The van der Waals surface area contributed by atoms with Crippen molar-refractivity contribution in [3.05, 3.63) is 23.7 Å². The molecule has 0 aromatic carbocycles. The third-order valence-electron chi connectivity index (χ3n) is 4.05. The number of hydrogen-bond donors (Lipinski definition) is 3. The minimum Gasteiger partial charge on any atom is -0.388 e. The van der Waals surface area contributed by atoms with Crippen LogP contribution in [0.15, 0.2) is 12.4 Å². The minimum atomic E-state index is -0.980. The highest BCUT2D eigenvalue weighted by Gasteiger charge is 2.28. The van der Waals surface area contributed by atoms with E-state index in [2.05, 4.69) is 20.3 Å². The molecule has 2 heterocycles. The summed E-state index contributed by atoms with van der Waals surface area (Å²) >= 11 is 0. The molecule has 21 heavy (non-hydrogen) atoms. The maximum atomic E-state index is 12.4. The number of fused-ring (bicyclic) bond motifs is 1. The number of aromatic amines is 1. The zero-order valence-corrected chi connectivity index (χ0v) is 12.5. The number of aliphatic hydroxyl groups is 1. The maximum absolute atomic E-state index is 12.4. The molecule has 0 spiro atoms. The van der Waals surface area contributed by atoms with Gasteiger partial charge in [-0.1, -0.05) is 0 Å². The molecule has 1 atom stereocenters. The van der Waals surface area contributed by atoms with Gasteiger partial charge in [-0.3, -0.25) is 4.79 Å². The Balaban J connectivity index is 1.89. The van der Waals surface area contributed by atoms with Gasteiger partial charge in [0.1, 0.15) is 5.52 Å². The average molecular weight is 288 g/mol. The number of carbonyl (C=O) groups is 1. The first-order valence-corrected chi connectivity index (χ1v) is 7.23. The molecular formula is C15H20N4O2. The molecule has 1 amide bonds. The number of rotatable bonds is 4. The lowest BCUT2D eigenvalue weighted by atomic mass is 10.0. The molecule has 1 fully saturated rings. The van der Waals surface area contributed by atoms with Gasteiger partial charge < -0.3 is 15.4 Å². The lowest BCUT2D eigenvalue weighted by Crippen LogP contribution is -2.47. The fourth-order valence-electron chi connectivity index (χ4n) is 2.10. The predicted octanol–water partition coefficient (Wildman–Crippen LogP) is 1.72. The molecule has 0 unspecified atom stereocenters. The van der Waals surface area contributed by atoms with Crippen LogP contribution < -0.4 is 5.32 Å². The van der Waals surface area contributed by atoms with Gasteiger partial charge in [0.25, 0.3) is 5.91 Å². The van der Waals surface area contributed by atoms with E-state index in [-0.39, 0.29) is 11.9 Å². The third kappa shape index (κ3) is 2.76. The fraction of sp³-hybridized carbons (Fsp3) is 0.533. The number of nitrogens with one attached hydrogen (secondary N) is 2. The highest BCUT2D eigenvalue weighted by atomic mass is 16.3. The van der Waals surface area contributed by atoms with E-state index in [1.165, 1.54) is 0 Å². The predicted molar refractivity (Wildman–Crippen MR) is 79.1 cm³/mol. The van der Waals surface area contributed by atoms with Crippen LogP contribution in [0.2, 0.25) is 0 Å². The zero-order valence-electron chi connectivity index (χ0n) is 12.5. The Hall–Kier alpha value is -1.95. The molecule has 0 bridgehead atoms. The van der Waals surface area contributed by atoms with Crippen LogP contribution in [-0.4, -0.2) is 37.6 Å². The first-order valence-electron chi connectivity index (χ1n) is 7.23. The van der Waals surface area contributed by atoms with Crippen molar-refractivity contribution in [2.75, 3.05) is 0 Å². The Kier molecular flexibility index (Phi) is 3.20. The molecule has 1 aliphatic rings. The molecule has 0 radical (unpaired) electrons. The van der Waals surface area contributed by atoms with E-state index in [1.54, 1.807) is 33.2 Å². The molecule has 1 saturated carbocycles. The summed E-state index contributed by atoms with van der Waals surface area (Å²) in [4.78, 5) is 24.2. The van der Waals surface area contributed by atoms with E-state index in [0.29, 0.717) is 22.6 Å². The molecule has 2 aromatic rings. The van der Waals surface area contributed by atoms with Gasteiger partial charge in [-0.15, -0.1) is 0 Å². The van der Waals surface area contributed by atoms with Crippen LogP contribution in [-0.2, 0) is 0 Å². The van der Waals surface area contributed by atoms with E-state index in [0.717, 1.165) is 18.5 Å². The Bertz CT molecular complexity index is 683. The van der Waals surface area contributed by atoms with Crippen molar-refractivity contribution in [2.45, 2.75) is 51.2 Å². The summed E-state index contributed by atoms with van der Waals surface area (Å²) in [6.45, 7) is 5.10. The Morgan fingerprint density at radius 1 is 1.52 bits per heavy atom. The molecule has 0 saturated heterocycles. The number of hydrogen-bond acceptors (Lipinski definition) is 4. The zero-order chi connectivity index (χ0) is 15.2. The number of carbonyl (C=O) groups excluding carboxylic acids is 1. The molecule has 112 valence electrons. The van der Waals surface area contributed by atoms with Gasteiger partial charge in [-0.05, 0) is 33.6 Å². The van der Waals surface area contributed by atoms with E-state index in [4.69, 9.17) is 0 Å². The number of amides is 1. The second kappa shape index (κ2) is 4.80. The van der Waals surface area contributed by atoms with E-state index >= 15 is 0 Å². The molecular weight excluding hydrogens is 268 g/mol. The van der Waals surface area contributed by atoms with Crippen molar-refractivity contribution in [3.8, 4) is 0 Å². The van der Waals surface area contributed by atoms with Crippen LogP contribution in [0.25, 0.3) is 11.2 Å². The van der Waals surface area contributed by atoms with Gasteiger partial charge in [-0.25, -0.2) is 9.97 Å². The van der Waals surface area contributed by atoms with Crippen molar-refractivity contribution < 1.29 is 9.90 Å². The van der Waals surface area contributed by atoms with E-state index < -0.39 is 5.60 Å². The SMILES string of the molecule is C[C@H](NC(=O)c1c[nH]c2ncc(C3CC3)nc12)C(C)(C)O. The molecule has 6 nitrogen and oxygen atoms in total. The number of H-pyrrole nitrogens is 1. The highest BCUT2D eigenvalue weighted by molar-refractivity contribution is 6.04. The topological polar surface area (TPSA) is 90.9 Å². The Morgan fingerprint density at radius 3 is 2.86 bits per heavy atom. The summed E-state index contributed by atoms with van der Waals surface area (Å²) in [5.74, 6) is 0.237. The lowest BCUT2D eigenvalue weighted by molar-refractivity contribution is 0.0409. The standard InChI is InChI=1S/C15H20N4O2/c1-8(15(2,3)21)18-14(20)10-6-16-13-12(10)19-11(7-17-13)9-4-5-9/h6-9,21H,4-5H2,1-3H3,(H,16,17)(H,18,20)/t8-/m0/s1. The third-order valence-corrected chi connectivity index (χ3v) is 4.05. The van der Waals surface area contributed by atoms with Crippen LogP contribution >= 0.6 is 0 Å². The van der Waals surface area contributed by atoms with Crippen molar-refractivity contribution >= 4 is 17.1 Å². The quantitative estimate of drug-likeness (QED) is 0.799. The number of aromatic nitrogens is 3. The van der Waals surface area contributed by atoms with Gasteiger partial charge in [0, 0.05) is 12.1 Å². The smallest absolute Gasteiger partial charge is 0.255 e. The molecule has 1 aliphatic carbocycles. The van der Waals surface area contributed by atoms with E-state index in [1.807, 2.05) is 0 Å². The molecule has 6 heteroatoms. The Labute approximate surface area is 123 Å². The van der Waals surface area contributed by atoms with Gasteiger partial charge >= 0.3 is 0 Å². The first kappa shape index (κ1) is 14.0. The van der Waals surface area contributed by atoms with Crippen LogP contribution in [0.4, 0.5) is 0 Å². The minimum absolute atomic E-state index is 0.252. The van der Waals surface area contributed by atoms with Gasteiger partial charge in [0.2, 0.25) is 0 Å². The van der Waals surface area contributed by atoms with Crippen LogP contribution in [0.3, 0.4) is 0 Å². The summed E-state index contributed by atoms with van der Waals surface area (Å²) in [7, 11) is 0. The summed E-state index contributed by atoms with van der Waals surface area (Å²) in [5, 5.41) is 12.7. The lowest BCUT2D eigenvalue weighted by Gasteiger charge is -2.26. The molecule has 3 N–H and O–H groups in total. The summed E-state index contributed by atoms with van der Waals surface area (Å²) in [6.07, 6.45) is 5.68. The largest absolute Gasteiger partial charge is 0.388 e. The van der Waals surface area contributed by atoms with Crippen molar-refractivity contribution in [3.63, 3.8) is 0 Å². The monoisotopic (exact) mass is 288 g/mol. The number of nitrogens with zero attached hydrogens (tertiary/aromatic N) is 2. The summed E-state index contributed by atoms with van der Waals surface area (Å²) < 4.78 is 0. The average Bonchev–Trinajstić information content (AvgIpc) is 3.16. The van der Waals surface area contributed by atoms with Crippen LogP contribution in [0.1, 0.15) is 55.6 Å². The van der Waals surface area contributed by atoms with Gasteiger partial charge in [-0.2, -0.15) is 0 Å². The summed E-state index contributed by atoms with van der Waals surface area (Å²) in [5.41, 5.74) is 1.65. The fourth-order valence-corrected chi connectivity index (χ4v) is 2.10. The normalized spacial score (nSPS) is 17.0. The summed E-state index contributed by atoms with van der Waals surface area (Å²) in [6, 6.07) is -0.366. The van der Waals surface area contributed by atoms with Crippen LogP contribution in [0, 0.1) is 0 Å². The second-order valence-corrected chi connectivity index (χ2v) is 6.32. The van der Waals surface area contributed by atoms with E-state index in [9.17, 15) is 9.90 Å². The van der Waals surface area contributed by atoms with Crippen molar-refractivity contribution in [2.24, 2.45) is 0 Å². The maximum Gasteiger partial charge on any atom is 0.255 e.